The van der Waals surface area contributed by atoms with Crippen LogP contribution in [0.4, 0.5) is 0 Å². The van der Waals surface area contributed by atoms with Gasteiger partial charge in [0.05, 0.1) is 0 Å². The zero-order valence-electron chi connectivity index (χ0n) is 10.6. The lowest BCUT2D eigenvalue weighted by molar-refractivity contribution is 0.511. The van der Waals surface area contributed by atoms with Crippen LogP contribution >= 0.6 is 0 Å². The number of diazo groups is 1. The minimum Gasteiger partial charge on any atom is -0.501 e. The SMILES string of the molecule is C#CCCCCC#Cc1ccccc1C(O)=C[N+]#N. The summed E-state index contributed by atoms with van der Waals surface area (Å²) in [5, 5.41) is 18.1. The summed E-state index contributed by atoms with van der Waals surface area (Å²) in [7, 11) is 0. The van der Waals surface area contributed by atoms with E-state index < -0.39 is 0 Å². The molecule has 0 amide bonds. The first kappa shape index (κ1) is 14.4. The molecule has 1 rings (SSSR count). The molecule has 0 aliphatic rings. The average molecular weight is 251 g/mol. The fourth-order valence-electron chi connectivity index (χ4n) is 1.54. The van der Waals surface area contributed by atoms with Crippen molar-refractivity contribution in [1.82, 2.24) is 0 Å². The lowest BCUT2D eigenvalue weighted by Gasteiger charge is -1.99. The Kier molecular flexibility index (Phi) is 6.35. The summed E-state index contributed by atoms with van der Waals surface area (Å²) in [6.45, 7) is 0. The molecule has 0 unspecified atom stereocenters. The lowest BCUT2D eigenvalue weighted by Crippen LogP contribution is -1.88. The third-order valence-corrected chi connectivity index (χ3v) is 2.48. The van der Waals surface area contributed by atoms with Crippen molar-refractivity contribution in [2.24, 2.45) is 0 Å². The molecular formula is C16H15N2O+. The van der Waals surface area contributed by atoms with Crippen molar-refractivity contribution in [3.8, 4) is 24.2 Å². The van der Waals surface area contributed by atoms with Crippen LogP contribution in [0.3, 0.4) is 0 Å². The van der Waals surface area contributed by atoms with Crippen molar-refractivity contribution in [3.63, 3.8) is 0 Å². The van der Waals surface area contributed by atoms with Gasteiger partial charge in [0.1, 0.15) is 0 Å². The molecule has 0 bridgehead atoms. The highest BCUT2D eigenvalue weighted by Gasteiger charge is 2.07. The number of nitrogens with zero attached hydrogens (tertiary/aromatic N) is 2. The first-order valence-corrected chi connectivity index (χ1v) is 6.04. The maximum atomic E-state index is 9.69. The molecule has 94 valence electrons. The monoisotopic (exact) mass is 251 g/mol. The molecule has 0 spiro atoms. The molecule has 0 atom stereocenters. The number of hydrogen-bond donors (Lipinski definition) is 1. The van der Waals surface area contributed by atoms with Crippen LogP contribution in [0.15, 0.2) is 30.5 Å². The van der Waals surface area contributed by atoms with Crippen molar-refractivity contribution in [1.29, 1.82) is 5.39 Å². The van der Waals surface area contributed by atoms with E-state index in [4.69, 9.17) is 11.8 Å². The van der Waals surface area contributed by atoms with E-state index in [-0.39, 0.29) is 5.76 Å². The highest BCUT2D eigenvalue weighted by Crippen LogP contribution is 2.16. The molecule has 0 radical (unpaired) electrons. The van der Waals surface area contributed by atoms with Gasteiger partial charge in [0.15, 0.2) is 4.98 Å². The summed E-state index contributed by atoms with van der Waals surface area (Å²) in [6, 6.07) is 7.16. The number of aliphatic hydroxyl groups is 1. The summed E-state index contributed by atoms with van der Waals surface area (Å²) >= 11 is 0. The van der Waals surface area contributed by atoms with E-state index in [0.717, 1.165) is 31.9 Å². The van der Waals surface area contributed by atoms with Gasteiger partial charge in [-0.3, -0.25) is 0 Å². The molecule has 0 aromatic heterocycles. The van der Waals surface area contributed by atoms with E-state index in [1.54, 1.807) is 12.1 Å². The summed E-state index contributed by atoms with van der Waals surface area (Å²) in [5.74, 6) is 8.53. The van der Waals surface area contributed by atoms with Crippen LogP contribution in [-0.4, -0.2) is 5.11 Å². The van der Waals surface area contributed by atoms with Crippen LogP contribution in [0, 0.1) is 29.6 Å². The Balaban J connectivity index is 2.75. The number of aliphatic hydroxyl groups excluding tert-OH is 1. The summed E-state index contributed by atoms with van der Waals surface area (Å²) in [6.07, 6.45) is 9.63. The van der Waals surface area contributed by atoms with Crippen molar-refractivity contribution < 1.29 is 5.11 Å². The van der Waals surface area contributed by atoms with Gasteiger partial charge >= 0.3 is 6.20 Å². The maximum Gasteiger partial charge on any atom is 0.392 e. The molecule has 0 saturated heterocycles. The van der Waals surface area contributed by atoms with Crippen LogP contribution in [-0.2, 0) is 0 Å². The third-order valence-electron chi connectivity index (χ3n) is 2.48. The Morgan fingerprint density at radius 2 is 2.05 bits per heavy atom. The van der Waals surface area contributed by atoms with Gasteiger partial charge in [-0.15, -0.1) is 12.3 Å². The van der Waals surface area contributed by atoms with Gasteiger partial charge in [-0.25, -0.2) is 0 Å². The molecule has 0 saturated carbocycles. The van der Waals surface area contributed by atoms with Crippen LogP contribution in [0.25, 0.3) is 10.7 Å². The highest BCUT2D eigenvalue weighted by molar-refractivity contribution is 5.66. The molecule has 1 N–H and O–H groups in total. The van der Waals surface area contributed by atoms with E-state index in [9.17, 15) is 5.11 Å². The van der Waals surface area contributed by atoms with Gasteiger partial charge in [-0.1, -0.05) is 24.0 Å². The molecule has 1 aromatic rings. The zero-order valence-corrected chi connectivity index (χ0v) is 10.6. The standard InChI is InChI=1S/C16H14N2O/c1-2-3-4-5-6-7-10-14-11-8-9-12-15(14)16(19)13-18-17/h1,8-9,11-13H,3-6H2/p+1. The second kappa shape index (κ2) is 8.40. The van der Waals surface area contributed by atoms with Gasteiger partial charge in [0.25, 0.3) is 0 Å². The van der Waals surface area contributed by atoms with Crippen molar-refractivity contribution in [2.45, 2.75) is 25.7 Å². The average Bonchev–Trinajstić information content (AvgIpc) is 2.43. The molecule has 3 nitrogen and oxygen atoms in total. The van der Waals surface area contributed by atoms with Gasteiger partial charge in [-0.05, 0) is 25.0 Å². The zero-order chi connectivity index (χ0) is 13.9. The first-order valence-electron chi connectivity index (χ1n) is 6.04. The molecule has 1 aromatic carbocycles. The summed E-state index contributed by atoms with van der Waals surface area (Å²) in [5.41, 5.74) is 1.26. The summed E-state index contributed by atoms with van der Waals surface area (Å²) < 4.78 is 0. The van der Waals surface area contributed by atoms with E-state index in [1.807, 2.05) is 12.1 Å². The summed E-state index contributed by atoms with van der Waals surface area (Å²) in [4.78, 5) is 2.80. The minimum absolute atomic E-state index is 0.111. The van der Waals surface area contributed by atoms with E-state index >= 15 is 0 Å². The Morgan fingerprint density at radius 1 is 1.32 bits per heavy atom. The van der Waals surface area contributed by atoms with Crippen molar-refractivity contribution in [3.05, 3.63) is 46.6 Å². The lowest BCUT2D eigenvalue weighted by atomic mass is 10.1. The van der Waals surface area contributed by atoms with Gasteiger partial charge < -0.3 is 5.11 Å². The molecular weight excluding hydrogens is 236 g/mol. The second-order valence-corrected chi connectivity index (χ2v) is 3.89. The number of hydrogen-bond acceptors (Lipinski definition) is 2. The molecule has 3 heteroatoms. The number of benzene rings is 1. The second-order valence-electron chi connectivity index (χ2n) is 3.89. The van der Waals surface area contributed by atoms with Crippen molar-refractivity contribution in [2.75, 3.05) is 0 Å². The predicted molar refractivity (Wildman–Crippen MR) is 76.3 cm³/mol. The fourth-order valence-corrected chi connectivity index (χ4v) is 1.54. The van der Waals surface area contributed by atoms with Crippen LogP contribution in [0.1, 0.15) is 36.8 Å². The van der Waals surface area contributed by atoms with Crippen molar-refractivity contribution >= 4 is 5.76 Å². The highest BCUT2D eigenvalue weighted by atomic mass is 16.3. The Morgan fingerprint density at radius 3 is 2.79 bits per heavy atom. The molecule has 19 heavy (non-hydrogen) atoms. The minimum atomic E-state index is -0.111. The maximum absolute atomic E-state index is 9.69. The van der Waals surface area contributed by atoms with E-state index in [0.29, 0.717) is 11.1 Å². The third kappa shape index (κ3) is 4.99. The molecule has 0 heterocycles. The molecule has 0 aliphatic heterocycles. The topological polar surface area (TPSA) is 48.4 Å². The van der Waals surface area contributed by atoms with Gasteiger partial charge in [0, 0.05) is 24.0 Å². The Labute approximate surface area is 113 Å². The van der Waals surface area contributed by atoms with Gasteiger partial charge in [0.2, 0.25) is 11.2 Å². The van der Waals surface area contributed by atoms with E-state index in [1.165, 1.54) is 0 Å². The Bertz CT molecular complexity index is 592. The smallest absolute Gasteiger partial charge is 0.392 e. The first-order chi connectivity index (χ1) is 9.29. The largest absolute Gasteiger partial charge is 0.501 e. The number of rotatable bonds is 4. The quantitative estimate of drug-likeness (QED) is 0.381. The predicted octanol–water partition coefficient (Wildman–Crippen LogP) is 3.94. The number of terminal acetylenes is 1. The number of unbranched alkanes of at least 4 members (excludes halogenated alkanes) is 3. The van der Waals surface area contributed by atoms with E-state index in [2.05, 4.69) is 22.7 Å². The van der Waals surface area contributed by atoms with Crippen LogP contribution in [0.2, 0.25) is 0 Å². The molecule has 0 aliphatic carbocycles. The molecule has 0 fully saturated rings. The fraction of sp³-hybridized carbons (Fsp3) is 0.250. The van der Waals surface area contributed by atoms with Crippen LogP contribution in [0.5, 0.6) is 0 Å². The van der Waals surface area contributed by atoms with Gasteiger partial charge in [-0.2, -0.15) is 0 Å². The van der Waals surface area contributed by atoms with Crippen LogP contribution < -0.4 is 0 Å². The Hall–Kier alpha value is -2.70. The normalized spacial score (nSPS) is 9.89.